The Morgan fingerprint density at radius 2 is 1.68 bits per heavy atom. The van der Waals surface area contributed by atoms with E-state index < -0.39 is 0 Å². The van der Waals surface area contributed by atoms with Gasteiger partial charge in [-0.05, 0) is 44.0 Å². The van der Waals surface area contributed by atoms with Gasteiger partial charge in [-0.25, -0.2) is 9.13 Å². The molecule has 0 fully saturated rings. The van der Waals surface area contributed by atoms with Crippen LogP contribution < -0.4 is 21.5 Å². The number of Topliss-reactive ketones (excluding diaryl/α,β-unsaturated/α-hetero) is 1. The zero-order valence-electron chi connectivity index (χ0n) is 14.5. The maximum Gasteiger partial charge on any atom is 0.249 e. The number of rotatable bonds is 4. The van der Waals surface area contributed by atoms with Crippen molar-refractivity contribution in [1.29, 1.82) is 0 Å². The molecule has 0 unspecified atom stereocenters. The molecule has 0 atom stereocenters. The van der Waals surface area contributed by atoms with Crippen LogP contribution in [0.1, 0.15) is 27.0 Å². The van der Waals surface area contributed by atoms with Gasteiger partial charge in [-0.1, -0.05) is 45.8 Å². The van der Waals surface area contributed by atoms with E-state index in [1.54, 1.807) is 0 Å². The van der Waals surface area contributed by atoms with Gasteiger partial charge in [-0.3, -0.25) is 4.79 Å². The summed E-state index contributed by atoms with van der Waals surface area (Å²) >= 11 is 3.39. The number of hydrogen-bond acceptors (Lipinski definition) is 1. The number of benzene rings is 2. The molecule has 3 aromatic rings. The molecular weight excluding hydrogens is 444 g/mol. The van der Waals surface area contributed by atoms with E-state index in [0.717, 1.165) is 10.0 Å². The normalized spacial score (nSPS) is 10.4. The van der Waals surface area contributed by atoms with Crippen molar-refractivity contribution in [2.45, 2.75) is 27.3 Å². The molecule has 0 amide bonds. The summed E-state index contributed by atoms with van der Waals surface area (Å²) < 4.78 is 4.98. The average molecular weight is 464 g/mol. The Morgan fingerprint density at radius 1 is 1.08 bits per heavy atom. The Kier molecular flexibility index (Phi) is 6.36. The zero-order valence-corrected chi connectivity index (χ0v) is 17.6. The smallest absolute Gasteiger partial charge is 0.249 e. The van der Waals surface area contributed by atoms with E-state index in [1.807, 2.05) is 47.6 Å². The molecule has 0 aliphatic heterocycles. The average Bonchev–Trinajstić information content (AvgIpc) is 2.95. The Hall–Kier alpha value is -1.72. The lowest BCUT2D eigenvalue weighted by atomic mass is 10.1. The number of aromatic nitrogens is 2. The van der Waals surface area contributed by atoms with Crippen LogP contribution >= 0.6 is 15.9 Å². The third-order valence-electron chi connectivity index (χ3n) is 4.08. The molecule has 0 aliphatic rings. The molecule has 1 heterocycles. The van der Waals surface area contributed by atoms with Gasteiger partial charge >= 0.3 is 0 Å². The predicted octanol–water partition coefficient (Wildman–Crippen LogP) is 1.34. The lowest BCUT2D eigenvalue weighted by Gasteiger charge is -2.07. The summed E-state index contributed by atoms with van der Waals surface area (Å²) in [5.41, 5.74) is 5.62. The topological polar surface area (TPSA) is 25.9 Å². The van der Waals surface area contributed by atoms with Crippen LogP contribution in [0, 0.1) is 20.8 Å². The highest BCUT2D eigenvalue weighted by Crippen LogP contribution is 2.20. The molecule has 0 radical (unpaired) electrons. The van der Waals surface area contributed by atoms with E-state index in [0.29, 0.717) is 6.54 Å². The molecule has 0 bridgehead atoms. The monoisotopic (exact) mass is 462 g/mol. The Bertz CT molecular complexity index is 875. The van der Waals surface area contributed by atoms with Crippen LogP contribution in [0.3, 0.4) is 0 Å². The van der Waals surface area contributed by atoms with Crippen LogP contribution in [0.25, 0.3) is 5.69 Å². The Balaban J connectivity index is 0.00000225. The first-order chi connectivity index (χ1) is 11.4. The van der Waals surface area contributed by atoms with Gasteiger partial charge in [-0.2, -0.15) is 0 Å². The quantitative estimate of drug-likeness (QED) is 0.423. The fraction of sp³-hybridized carbons (Fsp3) is 0.200. The first-order valence-electron chi connectivity index (χ1n) is 7.88. The molecule has 0 saturated carbocycles. The summed E-state index contributed by atoms with van der Waals surface area (Å²) in [6.07, 6.45) is 5.91. The number of halogens is 2. The van der Waals surface area contributed by atoms with Crippen molar-refractivity contribution in [2.24, 2.45) is 0 Å². The van der Waals surface area contributed by atoms with E-state index in [2.05, 4.69) is 53.4 Å². The minimum Gasteiger partial charge on any atom is -1.00 e. The van der Waals surface area contributed by atoms with Crippen molar-refractivity contribution in [3.63, 3.8) is 0 Å². The number of nitrogens with zero attached hydrogens (tertiary/aromatic N) is 2. The van der Waals surface area contributed by atoms with E-state index in [9.17, 15) is 4.79 Å². The van der Waals surface area contributed by atoms with Crippen molar-refractivity contribution >= 4 is 21.7 Å². The summed E-state index contributed by atoms with van der Waals surface area (Å²) in [6, 6.07) is 11.8. The van der Waals surface area contributed by atoms with Gasteiger partial charge in [0.05, 0.1) is 0 Å². The lowest BCUT2D eigenvalue weighted by Crippen LogP contribution is -3.00. The van der Waals surface area contributed by atoms with Gasteiger partial charge in [0.2, 0.25) is 12.1 Å². The summed E-state index contributed by atoms with van der Waals surface area (Å²) in [4.78, 5) is 12.4. The molecule has 0 aliphatic carbocycles. The van der Waals surface area contributed by atoms with Crippen molar-refractivity contribution in [1.82, 2.24) is 4.57 Å². The van der Waals surface area contributed by atoms with E-state index in [1.165, 1.54) is 22.4 Å². The molecule has 25 heavy (non-hydrogen) atoms. The van der Waals surface area contributed by atoms with Gasteiger partial charge in [-0.15, -0.1) is 0 Å². The second-order valence-corrected chi connectivity index (χ2v) is 7.09. The summed E-state index contributed by atoms with van der Waals surface area (Å²) in [6.45, 7) is 6.67. The zero-order chi connectivity index (χ0) is 17.3. The maximum atomic E-state index is 12.4. The number of ketones is 1. The molecule has 3 nitrogen and oxygen atoms in total. The van der Waals surface area contributed by atoms with Crippen LogP contribution in [-0.4, -0.2) is 10.4 Å². The summed E-state index contributed by atoms with van der Waals surface area (Å²) in [7, 11) is 0. The predicted molar refractivity (Wildman–Crippen MR) is 98.6 cm³/mol. The Labute approximate surface area is 167 Å². The number of imidazole rings is 1. The van der Waals surface area contributed by atoms with Gasteiger partial charge in [0.25, 0.3) is 0 Å². The van der Waals surface area contributed by atoms with Crippen molar-refractivity contribution in [3.05, 3.63) is 81.8 Å². The molecule has 2 aromatic carbocycles. The minimum atomic E-state index is 0. The molecule has 1 aromatic heterocycles. The van der Waals surface area contributed by atoms with Gasteiger partial charge in [0.1, 0.15) is 18.1 Å². The van der Waals surface area contributed by atoms with Crippen LogP contribution in [0.4, 0.5) is 0 Å². The third-order valence-corrected chi connectivity index (χ3v) is 4.61. The van der Waals surface area contributed by atoms with E-state index in [4.69, 9.17) is 0 Å². The van der Waals surface area contributed by atoms with Gasteiger partial charge in [0.15, 0.2) is 6.54 Å². The van der Waals surface area contributed by atoms with Crippen molar-refractivity contribution in [3.8, 4) is 5.69 Å². The van der Waals surface area contributed by atoms with Gasteiger partial charge < -0.3 is 17.0 Å². The molecule has 0 saturated heterocycles. The molecule has 130 valence electrons. The Morgan fingerprint density at radius 3 is 2.28 bits per heavy atom. The van der Waals surface area contributed by atoms with Crippen molar-refractivity contribution < 1.29 is 26.3 Å². The third kappa shape index (κ3) is 4.47. The molecule has 0 N–H and O–H groups in total. The largest absolute Gasteiger partial charge is 1.00 e. The van der Waals surface area contributed by atoms with Crippen LogP contribution in [-0.2, 0) is 6.54 Å². The second-order valence-electron chi connectivity index (χ2n) is 6.17. The highest BCUT2D eigenvalue weighted by Gasteiger charge is 2.15. The molecule has 5 heteroatoms. The molecule has 3 rings (SSSR count). The van der Waals surface area contributed by atoms with Crippen LogP contribution in [0.2, 0.25) is 0 Å². The number of hydrogen-bond donors (Lipinski definition) is 0. The van der Waals surface area contributed by atoms with E-state index >= 15 is 0 Å². The van der Waals surface area contributed by atoms with Crippen molar-refractivity contribution in [2.75, 3.05) is 0 Å². The second kappa shape index (κ2) is 8.11. The standard InChI is InChI=1S/C20H20BrN2O.BrH/c1-14-10-15(2)20(16(3)11-14)23-9-8-22(13-23)12-19(24)17-4-6-18(21)7-5-17;/h4-11,13H,12H2,1-3H3;1H/q+1;/p-1. The van der Waals surface area contributed by atoms with Crippen LogP contribution in [0.5, 0.6) is 0 Å². The SMILES string of the molecule is Cc1cc(C)c(-n2cc[n+](CC(=O)c3ccc(Br)cc3)c2)c(C)c1.[Br-]. The number of carbonyl (C=O) groups excluding carboxylic acids is 1. The highest BCUT2D eigenvalue weighted by molar-refractivity contribution is 9.10. The number of carbonyl (C=O) groups is 1. The highest BCUT2D eigenvalue weighted by atomic mass is 79.9. The summed E-state index contributed by atoms with van der Waals surface area (Å²) in [5.74, 6) is 0.0996. The maximum absolute atomic E-state index is 12.4. The number of aryl methyl sites for hydroxylation is 3. The lowest BCUT2D eigenvalue weighted by molar-refractivity contribution is -0.682. The molecule has 0 spiro atoms. The first kappa shape index (κ1) is 19.6. The fourth-order valence-electron chi connectivity index (χ4n) is 3.09. The molecular formula is C20H20Br2N2O. The van der Waals surface area contributed by atoms with Gasteiger partial charge in [0, 0.05) is 10.0 Å². The first-order valence-corrected chi connectivity index (χ1v) is 8.67. The summed E-state index contributed by atoms with van der Waals surface area (Å²) in [5, 5.41) is 0. The van der Waals surface area contributed by atoms with Crippen LogP contribution in [0.15, 0.2) is 59.6 Å². The van der Waals surface area contributed by atoms with E-state index in [-0.39, 0.29) is 22.8 Å². The minimum absolute atomic E-state index is 0. The fourth-order valence-corrected chi connectivity index (χ4v) is 3.36.